The first kappa shape index (κ1) is 19.3. The number of amides is 2. The van der Waals surface area contributed by atoms with E-state index in [0.29, 0.717) is 11.3 Å². The van der Waals surface area contributed by atoms with E-state index in [9.17, 15) is 9.59 Å². The average molecular weight is 373 g/mol. The zero-order chi connectivity index (χ0) is 20.1. The number of rotatable bonds is 4. The van der Waals surface area contributed by atoms with E-state index in [0.717, 1.165) is 11.3 Å². The van der Waals surface area contributed by atoms with Gasteiger partial charge in [-0.05, 0) is 41.3 Å². The molecular weight excluding hydrogens is 350 g/mol. The van der Waals surface area contributed by atoms with Crippen LogP contribution in [0.1, 0.15) is 47.2 Å². The molecule has 2 aromatic carbocycles. The van der Waals surface area contributed by atoms with Crippen molar-refractivity contribution in [1.82, 2.24) is 4.98 Å². The summed E-state index contributed by atoms with van der Waals surface area (Å²) in [5.74, 6) is -0.649. The third-order valence-corrected chi connectivity index (χ3v) is 4.27. The van der Waals surface area contributed by atoms with Gasteiger partial charge in [-0.3, -0.25) is 14.6 Å². The first-order chi connectivity index (χ1) is 13.3. The molecule has 1 aromatic heterocycles. The van der Waals surface area contributed by atoms with Crippen LogP contribution in [0, 0.1) is 0 Å². The molecule has 0 aliphatic heterocycles. The van der Waals surface area contributed by atoms with Gasteiger partial charge in [-0.25, -0.2) is 0 Å². The first-order valence-corrected chi connectivity index (χ1v) is 9.08. The Bertz CT molecular complexity index is 992. The third-order valence-electron chi connectivity index (χ3n) is 4.27. The molecule has 0 aliphatic rings. The summed E-state index contributed by atoms with van der Waals surface area (Å²) in [6, 6.07) is 19.9. The molecule has 0 atom stereocenters. The van der Waals surface area contributed by atoms with E-state index in [-0.39, 0.29) is 22.9 Å². The maximum atomic E-state index is 12.8. The van der Waals surface area contributed by atoms with Crippen molar-refractivity contribution in [2.45, 2.75) is 26.2 Å². The second kappa shape index (κ2) is 8.05. The Labute approximate surface area is 164 Å². The molecule has 0 bridgehead atoms. The van der Waals surface area contributed by atoms with E-state index in [1.54, 1.807) is 18.2 Å². The Kier molecular flexibility index (Phi) is 5.54. The van der Waals surface area contributed by atoms with Gasteiger partial charge >= 0.3 is 0 Å². The number of nitrogens with zero attached hydrogens (tertiary/aromatic N) is 1. The second-order valence-corrected chi connectivity index (χ2v) is 7.50. The van der Waals surface area contributed by atoms with E-state index >= 15 is 0 Å². The average Bonchev–Trinajstić information content (AvgIpc) is 2.68. The SMILES string of the molecule is CC(C)(C)c1ccccc1NC(=O)c1ccnc(C(=O)Nc2ccccc2)c1. The molecule has 1 heterocycles. The lowest BCUT2D eigenvalue weighted by Gasteiger charge is -2.23. The number of nitrogens with one attached hydrogen (secondary N) is 2. The Morgan fingerprint density at radius 1 is 0.821 bits per heavy atom. The number of hydrogen-bond acceptors (Lipinski definition) is 3. The lowest BCUT2D eigenvalue weighted by Crippen LogP contribution is -2.20. The third kappa shape index (κ3) is 4.62. The summed E-state index contributed by atoms with van der Waals surface area (Å²) < 4.78 is 0. The largest absolute Gasteiger partial charge is 0.322 e. The maximum absolute atomic E-state index is 12.8. The van der Waals surface area contributed by atoms with Crippen LogP contribution in [0.5, 0.6) is 0 Å². The Balaban J connectivity index is 1.79. The van der Waals surface area contributed by atoms with Crippen molar-refractivity contribution in [3.63, 3.8) is 0 Å². The molecule has 0 fully saturated rings. The summed E-state index contributed by atoms with van der Waals surface area (Å²) in [4.78, 5) is 29.3. The molecule has 5 nitrogen and oxygen atoms in total. The predicted molar refractivity (Wildman–Crippen MR) is 112 cm³/mol. The van der Waals surface area contributed by atoms with Gasteiger partial charge in [0.05, 0.1) is 0 Å². The van der Waals surface area contributed by atoms with Gasteiger partial charge in [0, 0.05) is 23.1 Å². The van der Waals surface area contributed by atoms with E-state index < -0.39 is 0 Å². The lowest BCUT2D eigenvalue weighted by molar-refractivity contribution is 0.102. The number of pyridine rings is 1. The summed E-state index contributed by atoms with van der Waals surface area (Å²) in [6.45, 7) is 6.28. The molecular formula is C23H23N3O2. The van der Waals surface area contributed by atoms with Gasteiger partial charge in [0.25, 0.3) is 11.8 Å². The fourth-order valence-electron chi connectivity index (χ4n) is 2.85. The number of hydrogen-bond donors (Lipinski definition) is 2. The van der Waals surface area contributed by atoms with E-state index in [2.05, 4.69) is 36.4 Å². The van der Waals surface area contributed by atoms with Gasteiger partial charge in [-0.15, -0.1) is 0 Å². The number of anilines is 2. The predicted octanol–water partition coefficient (Wildman–Crippen LogP) is 4.88. The molecule has 3 rings (SSSR count). The number of carbonyl (C=O) groups excluding carboxylic acids is 2. The molecule has 0 saturated heterocycles. The van der Waals surface area contributed by atoms with Crippen molar-refractivity contribution in [2.24, 2.45) is 0 Å². The molecule has 28 heavy (non-hydrogen) atoms. The van der Waals surface area contributed by atoms with E-state index in [4.69, 9.17) is 0 Å². The number of aromatic nitrogens is 1. The van der Waals surface area contributed by atoms with Gasteiger partial charge in [0.15, 0.2) is 0 Å². The zero-order valence-electron chi connectivity index (χ0n) is 16.2. The smallest absolute Gasteiger partial charge is 0.274 e. The van der Waals surface area contributed by atoms with Crippen LogP contribution < -0.4 is 10.6 Å². The topological polar surface area (TPSA) is 71.1 Å². The van der Waals surface area contributed by atoms with Crippen LogP contribution >= 0.6 is 0 Å². The van der Waals surface area contributed by atoms with Crippen molar-refractivity contribution in [3.05, 3.63) is 89.7 Å². The van der Waals surface area contributed by atoms with E-state index in [1.165, 1.54) is 12.3 Å². The highest BCUT2D eigenvalue weighted by atomic mass is 16.2. The molecule has 2 N–H and O–H groups in total. The van der Waals surface area contributed by atoms with Gasteiger partial charge < -0.3 is 10.6 Å². The van der Waals surface area contributed by atoms with Gasteiger partial charge in [0.2, 0.25) is 0 Å². The van der Waals surface area contributed by atoms with Crippen LogP contribution in [0.4, 0.5) is 11.4 Å². The van der Waals surface area contributed by atoms with Crippen molar-refractivity contribution in [3.8, 4) is 0 Å². The first-order valence-electron chi connectivity index (χ1n) is 9.08. The molecule has 5 heteroatoms. The number of carbonyl (C=O) groups is 2. The molecule has 0 saturated carbocycles. The molecule has 3 aromatic rings. The number of para-hydroxylation sites is 2. The summed E-state index contributed by atoms with van der Waals surface area (Å²) in [7, 11) is 0. The quantitative estimate of drug-likeness (QED) is 0.684. The Morgan fingerprint density at radius 2 is 1.50 bits per heavy atom. The minimum absolute atomic E-state index is 0.108. The fourth-order valence-corrected chi connectivity index (χ4v) is 2.85. The van der Waals surface area contributed by atoms with Crippen molar-refractivity contribution >= 4 is 23.2 Å². The minimum atomic E-state index is -0.365. The van der Waals surface area contributed by atoms with Crippen LogP contribution in [0.25, 0.3) is 0 Å². The van der Waals surface area contributed by atoms with Crippen LogP contribution in [-0.4, -0.2) is 16.8 Å². The molecule has 142 valence electrons. The molecule has 0 unspecified atom stereocenters. The highest BCUT2D eigenvalue weighted by molar-refractivity contribution is 6.08. The van der Waals surface area contributed by atoms with Crippen LogP contribution in [0.3, 0.4) is 0 Å². The summed E-state index contributed by atoms with van der Waals surface area (Å²) in [5.41, 5.74) is 2.91. The zero-order valence-corrected chi connectivity index (χ0v) is 16.2. The van der Waals surface area contributed by atoms with Crippen LogP contribution in [0.15, 0.2) is 72.9 Å². The monoisotopic (exact) mass is 373 g/mol. The normalized spacial score (nSPS) is 11.0. The lowest BCUT2D eigenvalue weighted by atomic mass is 9.86. The van der Waals surface area contributed by atoms with Crippen molar-refractivity contribution < 1.29 is 9.59 Å². The fraction of sp³-hybridized carbons (Fsp3) is 0.174. The van der Waals surface area contributed by atoms with Crippen molar-refractivity contribution in [2.75, 3.05) is 10.6 Å². The van der Waals surface area contributed by atoms with Gasteiger partial charge in [0.1, 0.15) is 5.69 Å². The van der Waals surface area contributed by atoms with Gasteiger partial charge in [-0.1, -0.05) is 57.2 Å². The minimum Gasteiger partial charge on any atom is -0.322 e. The van der Waals surface area contributed by atoms with Gasteiger partial charge in [-0.2, -0.15) is 0 Å². The highest BCUT2D eigenvalue weighted by Gasteiger charge is 2.19. The van der Waals surface area contributed by atoms with Crippen LogP contribution in [-0.2, 0) is 5.41 Å². The summed E-state index contributed by atoms with van der Waals surface area (Å²) in [6.07, 6.45) is 1.46. The Morgan fingerprint density at radius 3 is 2.21 bits per heavy atom. The summed E-state index contributed by atoms with van der Waals surface area (Å²) in [5, 5.41) is 5.72. The van der Waals surface area contributed by atoms with Crippen LogP contribution in [0.2, 0.25) is 0 Å². The Hall–Kier alpha value is -3.47. The van der Waals surface area contributed by atoms with E-state index in [1.807, 2.05) is 42.5 Å². The molecule has 0 spiro atoms. The molecule has 2 amide bonds. The summed E-state index contributed by atoms with van der Waals surface area (Å²) >= 11 is 0. The van der Waals surface area contributed by atoms with Crippen molar-refractivity contribution in [1.29, 1.82) is 0 Å². The molecule has 0 radical (unpaired) electrons. The maximum Gasteiger partial charge on any atom is 0.274 e. The second-order valence-electron chi connectivity index (χ2n) is 7.50. The number of benzene rings is 2. The highest BCUT2D eigenvalue weighted by Crippen LogP contribution is 2.29. The standard InChI is InChI=1S/C23H23N3O2/c1-23(2,3)18-11-7-8-12-19(18)26-21(27)16-13-14-24-20(15-16)22(28)25-17-9-5-4-6-10-17/h4-15H,1-3H3,(H,25,28)(H,26,27). The molecule has 0 aliphatic carbocycles.